The van der Waals surface area contributed by atoms with E-state index in [4.69, 9.17) is 14.0 Å². The Morgan fingerprint density at radius 3 is 1.64 bits per heavy atom. The van der Waals surface area contributed by atoms with Gasteiger partial charge in [0.1, 0.15) is 0 Å². The van der Waals surface area contributed by atoms with Gasteiger partial charge in [-0.15, -0.1) is 0 Å². The van der Waals surface area contributed by atoms with E-state index in [1.807, 2.05) is 13.8 Å². The Kier molecular flexibility index (Phi) is 23.7. The van der Waals surface area contributed by atoms with E-state index in [0.29, 0.717) is 39.3 Å². The van der Waals surface area contributed by atoms with Gasteiger partial charge in [-0.1, -0.05) is 0 Å². The Labute approximate surface area is 195 Å². The molecule has 0 bridgehead atoms. The van der Waals surface area contributed by atoms with Crippen molar-refractivity contribution in [1.29, 1.82) is 0 Å². The average molecular weight is 497 g/mol. The molecule has 0 aromatic carbocycles. The number of carbonyl (C=O) groups is 2. The number of carbonyl (C=O) groups excluding carboxylic acids is 2. The molecule has 1 atom stereocenters. The summed E-state index contributed by atoms with van der Waals surface area (Å²) in [6, 6.07) is 0. The van der Waals surface area contributed by atoms with E-state index >= 15 is 0 Å². The van der Waals surface area contributed by atoms with E-state index in [1.54, 1.807) is 0 Å². The Morgan fingerprint density at radius 1 is 0.857 bits per heavy atom. The first-order valence-electron chi connectivity index (χ1n) is 9.85. The van der Waals surface area contributed by atoms with Crippen LogP contribution < -0.4 is 10.6 Å². The molecule has 0 aliphatic rings. The molecule has 0 rings (SSSR count). The summed E-state index contributed by atoms with van der Waals surface area (Å²) in [5, 5.41) is 5.55. The molecule has 1 unspecified atom stereocenters. The van der Waals surface area contributed by atoms with Crippen molar-refractivity contribution in [3.05, 3.63) is 0 Å². The third-order valence-electron chi connectivity index (χ3n) is 3.68. The topological polar surface area (TPSA) is 103 Å². The molecule has 0 aliphatic carbocycles. The number of ether oxygens (including phenoxy) is 2. The number of hydrogen-bond acceptors (Lipinski definition) is 6. The minimum atomic E-state index is -2.17. The zero-order chi connectivity index (χ0) is 20.3. The predicted octanol–water partition coefficient (Wildman–Crippen LogP) is 2.12. The van der Waals surface area contributed by atoms with Gasteiger partial charge in [0.25, 0.3) is 0 Å². The molecule has 0 aromatic heterocycles. The van der Waals surface area contributed by atoms with E-state index in [9.17, 15) is 14.2 Å². The smallest absolute Gasteiger partial charge is 0.220 e. The second-order valence-corrected chi connectivity index (χ2v) is 7.37. The van der Waals surface area contributed by atoms with E-state index in [2.05, 4.69) is 10.6 Å². The quantitative estimate of drug-likeness (QED) is 0.222. The van der Waals surface area contributed by atoms with Crippen molar-refractivity contribution in [2.45, 2.75) is 58.5 Å². The largest absolute Gasteiger partial charge is 0.382 e. The van der Waals surface area contributed by atoms with E-state index in [1.165, 1.54) is 6.66 Å². The number of nitrogens with one attached hydrogen (secondary N) is 2. The van der Waals surface area contributed by atoms with Crippen LogP contribution in [0.3, 0.4) is 0 Å². The monoisotopic (exact) mass is 497 g/mol. The standard InChI is InChI=1S/C18H37N2O6P.Y/c1-4-24-12-8-6-10-17(21)19-14-16(26-27(3)23)15-20-18(22)11-7-9-13-25-5-2;/h16,27H,4-15H2,1-3H3,(H,19,21)(H,20,22);. The van der Waals surface area contributed by atoms with E-state index in [-0.39, 0.29) is 57.6 Å². The molecule has 8 nitrogen and oxygen atoms in total. The fourth-order valence-corrected chi connectivity index (χ4v) is 2.93. The van der Waals surface area contributed by atoms with Gasteiger partial charge in [-0.3, -0.25) is 14.2 Å². The molecule has 0 saturated heterocycles. The fraction of sp³-hybridized carbons (Fsp3) is 0.889. The van der Waals surface area contributed by atoms with Crippen molar-refractivity contribution in [1.82, 2.24) is 10.6 Å². The van der Waals surface area contributed by atoms with Gasteiger partial charge in [-0.05, 0) is 39.5 Å². The van der Waals surface area contributed by atoms with Gasteiger partial charge >= 0.3 is 0 Å². The summed E-state index contributed by atoms with van der Waals surface area (Å²) in [7, 11) is -2.17. The van der Waals surface area contributed by atoms with Crippen molar-refractivity contribution in [3.8, 4) is 0 Å². The molecule has 0 heterocycles. The summed E-state index contributed by atoms with van der Waals surface area (Å²) in [4.78, 5) is 23.7. The Hall–Kier alpha value is 0.154. The first kappa shape index (κ1) is 30.3. The molecule has 0 spiro atoms. The van der Waals surface area contributed by atoms with Crippen LogP contribution in [0.4, 0.5) is 0 Å². The Morgan fingerprint density at radius 2 is 1.29 bits per heavy atom. The zero-order valence-corrected chi connectivity index (χ0v) is 21.4. The maximum absolute atomic E-state index is 11.9. The summed E-state index contributed by atoms with van der Waals surface area (Å²) in [6.07, 6.45) is 3.49. The van der Waals surface area contributed by atoms with Crippen molar-refractivity contribution < 1.29 is 60.9 Å². The molecule has 1 radical (unpaired) electrons. The molecule has 0 aromatic rings. The molecule has 0 aliphatic heterocycles. The molecule has 2 N–H and O–H groups in total. The number of hydrogen-bond donors (Lipinski definition) is 2. The van der Waals surface area contributed by atoms with Crippen LogP contribution in [0.15, 0.2) is 0 Å². The molecular formula is C18H37N2O6PY. The first-order valence-corrected chi connectivity index (χ1v) is 11.7. The number of amides is 2. The molecule has 28 heavy (non-hydrogen) atoms. The van der Waals surface area contributed by atoms with Crippen molar-refractivity contribution >= 4 is 19.8 Å². The van der Waals surface area contributed by atoms with Gasteiger partial charge in [-0.25, -0.2) is 0 Å². The second kappa shape index (κ2) is 21.9. The maximum atomic E-state index is 11.9. The van der Waals surface area contributed by atoms with Gasteiger partial charge in [0.2, 0.25) is 11.8 Å². The third-order valence-corrected chi connectivity index (χ3v) is 4.34. The minimum absolute atomic E-state index is 0. The number of rotatable bonds is 18. The fourth-order valence-electron chi connectivity index (χ4n) is 2.29. The van der Waals surface area contributed by atoms with Crippen LogP contribution in [0.2, 0.25) is 0 Å². The second-order valence-electron chi connectivity index (χ2n) is 6.15. The van der Waals surface area contributed by atoms with Crippen LogP contribution in [0.1, 0.15) is 52.4 Å². The van der Waals surface area contributed by atoms with E-state index in [0.717, 1.165) is 25.7 Å². The maximum Gasteiger partial charge on any atom is 0.220 e. The van der Waals surface area contributed by atoms with E-state index < -0.39 is 14.1 Å². The summed E-state index contributed by atoms with van der Waals surface area (Å²) in [6.45, 7) is 8.48. The van der Waals surface area contributed by atoms with Gasteiger partial charge in [-0.2, -0.15) is 0 Å². The molecular weight excluding hydrogens is 460 g/mol. The average Bonchev–Trinajstić information content (AvgIpc) is 2.63. The molecule has 163 valence electrons. The normalized spacial score (nSPS) is 11.7. The SMILES string of the molecule is CCOCCCCC(=O)NCC(CNC(=O)CCCCOCC)O[PH](C)=O.[Y]. The van der Waals surface area contributed by atoms with Gasteiger partial charge in [0, 0.05) is 91.7 Å². The van der Waals surface area contributed by atoms with Crippen molar-refractivity contribution in [3.63, 3.8) is 0 Å². The van der Waals surface area contributed by atoms with Crippen LogP contribution in [0, 0.1) is 0 Å². The Balaban J connectivity index is 0. The Bertz CT molecular complexity index is 399. The molecule has 0 saturated carbocycles. The third kappa shape index (κ3) is 20.9. The minimum Gasteiger partial charge on any atom is -0.382 e. The van der Waals surface area contributed by atoms with Crippen LogP contribution in [0.25, 0.3) is 0 Å². The van der Waals surface area contributed by atoms with Crippen LogP contribution >= 0.6 is 8.03 Å². The van der Waals surface area contributed by atoms with Crippen LogP contribution in [-0.2, 0) is 60.9 Å². The molecule has 2 amide bonds. The van der Waals surface area contributed by atoms with Gasteiger partial charge in [0.05, 0.1) is 6.10 Å². The number of unbranched alkanes of at least 4 members (excludes halogenated alkanes) is 2. The zero-order valence-electron chi connectivity index (χ0n) is 17.6. The van der Waals surface area contributed by atoms with Crippen LogP contribution in [-0.4, -0.2) is 64.1 Å². The summed E-state index contributed by atoms with van der Waals surface area (Å²) < 4.78 is 27.2. The molecule has 0 fully saturated rings. The van der Waals surface area contributed by atoms with Crippen LogP contribution in [0.5, 0.6) is 0 Å². The summed E-state index contributed by atoms with van der Waals surface area (Å²) in [5.41, 5.74) is 0. The van der Waals surface area contributed by atoms with Crippen molar-refractivity contribution in [2.75, 3.05) is 46.2 Å². The first-order chi connectivity index (χ1) is 13.0. The summed E-state index contributed by atoms with van der Waals surface area (Å²) in [5.74, 6) is -0.170. The van der Waals surface area contributed by atoms with Gasteiger partial charge in [0.15, 0.2) is 8.03 Å². The summed E-state index contributed by atoms with van der Waals surface area (Å²) >= 11 is 0. The van der Waals surface area contributed by atoms with Crippen molar-refractivity contribution in [2.24, 2.45) is 0 Å². The molecule has 10 heteroatoms. The predicted molar refractivity (Wildman–Crippen MR) is 107 cm³/mol. The van der Waals surface area contributed by atoms with Gasteiger partial charge < -0.3 is 24.6 Å².